The van der Waals surface area contributed by atoms with Crippen LogP contribution >= 0.6 is 0 Å². The summed E-state index contributed by atoms with van der Waals surface area (Å²) in [5.41, 5.74) is 4.18. The average Bonchev–Trinajstić information content (AvgIpc) is 2.28. The van der Waals surface area contributed by atoms with Crippen molar-refractivity contribution in [3.63, 3.8) is 0 Å². The van der Waals surface area contributed by atoms with E-state index in [0.717, 1.165) is 6.42 Å². The predicted octanol–water partition coefficient (Wildman–Crippen LogP) is 3.78. The van der Waals surface area contributed by atoms with Gasteiger partial charge in [0.25, 0.3) is 0 Å². The molecule has 2 aromatic rings. The van der Waals surface area contributed by atoms with Crippen molar-refractivity contribution in [1.29, 1.82) is 0 Å². The van der Waals surface area contributed by atoms with Crippen molar-refractivity contribution in [1.82, 2.24) is 0 Å². The molecule has 0 amide bonds. The lowest BCUT2D eigenvalue weighted by atomic mass is 9.96. The Bertz CT molecular complexity index is 512. The maximum absolute atomic E-state index is 2.29. The Labute approximate surface area is 97.7 Å². The van der Waals surface area contributed by atoms with Crippen LogP contribution in [0.5, 0.6) is 0 Å². The third kappa shape index (κ3) is 1.67. The van der Waals surface area contributed by atoms with Crippen LogP contribution in [-0.4, -0.2) is 14.1 Å². The Morgan fingerprint density at radius 1 is 1.06 bits per heavy atom. The summed E-state index contributed by atoms with van der Waals surface area (Å²) in [6.07, 6.45) is 1.10. The van der Waals surface area contributed by atoms with Gasteiger partial charge in [-0.25, -0.2) is 0 Å². The van der Waals surface area contributed by atoms with E-state index in [1.165, 1.54) is 27.6 Å². The Hall–Kier alpha value is -1.50. The molecule has 0 radical (unpaired) electrons. The Balaban J connectivity index is 2.86. The van der Waals surface area contributed by atoms with Crippen LogP contribution in [0.15, 0.2) is 30.3 Å². The second-order valence-electron chi connectivity index (χ2n) is 4.48. The van der Waals surface area contributed by atoms with E-state index in [0.29, 0.717) is 0 Å². The van der Waals surface area contributed by atoms with Gasteiger partial charge in [-0.15, -0.1) is 0 Å². The first-order valence-corrected chi connectivity index (χ1v) is 5.83. The summed E-state index contributed by atoms with van der Waals surface area (Å²) in [5.74, 6) is 0. The molecule has 0 aliphatic rings. The summed E-state index contributed by atoms with van der Waals surface area (Å²) in [6, 6.07) is 11.0. The van der Waals surface area contributed by atoms with E-state index in [4.69, 9.17) is 0 Å². The normalized spacial score (nSPS) is 10.8. The molecule has 0 heterocycles. The van der Waals surface area contributed by atoms with Crippen LogP contribution in [0.25, 0.3) is 10.8 Å². The number of rotatable bonds is 2. The van der Waals surface area contributed by atoms with Gasteiger partial charge in [0.15, 0.2) is 0 Å². The standard InChI is InChI=1S/C15H19N/c1-5-12-11(2)10-15(16(3)4)14-9-7-6-8-13(12)14/h6-10H,5H2,1-4H3. The summed E-state index contributed by atoms with van der Waals surface area (Å²) >= 11 is 0. The molecule has 84 valence electrons. The molecule has 1 nitrogen and oxygen atoms in total. The molecule has 0 spiro atoms. The number of aryl methyl sites for hydroxylation is 2. The lowest BCUT2D eigenvalue weighted by Crippen LogP contribution is -2.10. The Morgan fingerprint density at radius 2 is 1.69 bits per heavy atom. The van der Waals surface area contributed by atoms with Crippen LogP contribution in [0.2, 0.25) is 0 Å². The molecule has 2 rings (SSSR count). The quantitative estimate of drug-likeness (QED) is 0.734. The van der Waals surface area contributed by atoms with Gasteiger partial charge in [-0.3, -0.25) is 0 Å². The number of hydrogen-bond acceptors (Lipinski definition) is 1. The number of benzene rings is 2. The highest BCUT2D eigenvalue weighted by Crippen LogP contribution is 2.31. The van der Waals surface area contributed by atoms with Crippen molar-refractivity contribution in [3.05, 3.63) is 41.5 Å². The Morgan fingerprint density at radius 3 is 2.25 bits per heavy atom. The summed E-state index contributed by atoms with van der Waals surface area (Å²) in [6.45, 7) is 4.43. The van der Waals surface area contributed by atoms with Gasteiger partial charge in [0.2, 0.25) is 0 Å². The van der Waals surface area contributed by atoms with Gasteiger partial charge in [-0.2, -0.15) is 0 Å². The zero-order valence-corrected chi connectivity index (χ0v) is 10.5. The van der Waals surface area contributed by atoms with Crippen molar-refractivity contribution in [2.75, 3.05) is 19.0 Å². The van der Waals surface area contributed by atoms with Crippen molar-refractivity contribution in [2.24, 2.45) is 0 Å². The number of nitrogens with zero attached hydrogens (tertiary/aromatic N) is 1. The van der Waals surface area contributed by atoms with E-state index < -0.39 is 0 Å². The van der Waals surface area contributed by atoms with Gasteiger partial charge in [-0.05, 0) is 35.9 Å². The fourth-order valence-corrected chi connectivity index (χ4v) is 2.39. The lowest BCUT2D eigenvalue weighted by Gasteiger charge is -2.19. The molecule has 2 aromatic carbocycles. The summed E-state index contributed by atoms with van der Waals surface area (Å²) < 4.78 is 0. The second-order valence-corrected chi connectivity index (χ2v) is 4.48. The summed E-state index contributed by atoms with van der Waals surface area (Å²) in [7, 11) is 4.21. The maximum Gasteiger partial charge on any atom is 0.0443 e. The Kier molecular flexibility index (Phi) is 2.86. The first kappa shape index (κ1) is 11.0. The van der Waals surface area contributed by atoms with Gasteiger partial charge in [0, 0.05) is 25.2 Å². The first-order valence-electron chi connectivity index (χ1n) is 5.83. The van der Waals surface area contributed by atoms with E-state index in [1.807, 2.05) is 0 Å². The molecule has 0 bridgehead atoms. The van der Waals surface area contributed by atoms with E-state index in [2.05, 4.69) is 63.2 Å². The van der Waals surface area contributed by atoms with Gasteiger partial charge >= 0.3 is 0 Å². The first-order chi connectivity index (χ1) is 7.65. The zero-order chi connectivity index (χ0) is 11.7. The highest BCUT2D eigenvalue weighted by molar-refractivity contribution is 5.97. The molecule has 1 heteroatoms. The van der Waals surface area contributed by atoms with Crippen molar-refractivity contribution < 1.29 is 0 Å². The molecular formula is C15H19N. The van der Waals surface area contributed by atoms with Crippen molar-refractivity contribution in [2.45, 2.75) is 20.3 Å². The molecule has 0 unspecified atom stereocenters. The fraction of sp³-hybridized carbons (Fsp3) is 0.333. The highest BCUT2D eigenvalue weighted by atomic mass is 15.1. The third-order valence-corrected chi connectivity index (χ3v) is 3.19. The van der Waals surface area contributed by atoms with Crippen LogP contribution < -0.4 is 4.90 Å². The lowest BCUT2D eigenvalue weighted by molar-refractivity contribution is 1.10. The second kappa shape index (κ2) is 4.17. The minimum Gasteiger partial charge on any atom is -0.377 e. The number of fused-ring (bicyclic) bond motifs is 1. The molecule has 0 saturated carbocycles. The van der Waals surface area contributed by atoms with Crippen LogP contribution in [0.4, 0.5) is 5.69 Å². The molecule has 0 saturated heterocycles. The number of hydrogen-bond donors (Lipinski definition) is 0. The van der Waals surface area contributed by atoms with E-state index in [-0.39, 0.29) is 0 Å². The predicted molar refractivity (Wildman–Crippen MR) is 72.4 cm³/mol. The van der Waals surface area contributed by atoms with E-state index >= 15 is 0 Å². The third-order valence-electron chi connectivity index (χ3n) is 3.19. The fourth-order valence-electron chi connectivity index (χ4n) is 2.39. The smallest absolute Gasteiger partial charge is 0.0443 e. The van der Waals surface area contributed by atoms with Gasteiger partial charge in [0.05, 0.1) is 0 Å². The molecule has 0 fully saturated rings. The summed E-state index contributed by atoms with van der Waals surface area (Å²) in [5, 5.41) is 2.75. The van der Waals surface area contributed by atoms with Crippen LogP contribution in [0.3, 0.4) is 0 Å². The van der Waals surface area contributed by atoms with Crippen LogP contribution in [-0.2, 0) is 6.42 Å². The van der Waals surface area contributed by atoms with Gasteiger partial charge < -0.3 is 4.90 Å². The van der Waals surface area contributed by atoms with Crippen molar-refractivity contribution >= 4 is 16.5 Å². The monoisotopic (exact) mass is 213 g/mol. The van der Waals surface area contributed by atoms with Crippen LogP contribution in [0, 0.1) is 6.92 Å². The molecule has 0 N–H and O–H groups in total. The average molecular weight is 213 g/mol. The summed E-state index contributed by atoms with van der Waals surface area (Å²) in [4.78, 5) is 2.19. The van der Waals surface area contributed by atoms with Gasteiger partial charge in [0.1, 0.15) is 0 Å². The van der Waals surface area contributed by atoms with Crippen LogP contribution in [0.1, 0.15) is 18.1 Å². The highest BCUT2D eigenvalue weighted by Gasteiger charge is 2.08. The molecule has 0 atom stereocenters. The van der Waals surface area contributed by atoms with E-state index in [9.17, 15) is 0 Å². The minimum atomic E-state index is 1.10. The molecule has 0 aliphatic heterocycles. The molecule has 16 heavy (non-hydrogen) atoms. The van der Waals surface area contributed by atoms with E-state index in [1.54, 1.807) is 0 Å². The SMILES string of the molecule is CCc1c(C)cc(N(C)C)c2ccccc12. The molecular weight excluding hydrogens is 194 g/mol. The number of anilines is 1. The largest absolute Gasteiger partial charge is 0.377 e. The molecule has 0 aliphatic carbocycles. The topological polar surface area (TPSA) is 3.24 Å². The van der Waals surface area contributed by atoms with Crippen molar-refractivity contribution in [3.8, 4) is 0 Å². The molecule has 0 aromatic heterocycles. The zero-order valence-electron chi connectivity index (χ0n) is 10.5. The minimum absolute atomic E-state index is 1.10. The van der Waals surface area contributed by atoms with Gasteiger partial charge in [-0.1, -0.05) is 31.2 Å². The maximum atomic E-state index is 2.29.